The van der Waals surface area contributed by atoms with Gasteiger partial charge in [-0.1, -0.05) is 0 Å². The lowest BCUT2D eigenvalue weighted by molar-refractivity contribution is 0.582. The average molecular weight is 317 g/mol. The van der Waals surface area contributed by atoms with Crippen LogP contribution in [-0.2, 0) is 10.0 Å². The molecule has 3 N–H and O–H groups in total. The Labute approximate surface area is 110 Å². The number of sulfonamides is 1. The lowest BCUT2D eigenvalue weighted by Crippen LogP contribution is -2.24. The van der Waals surface area contributed by atoms with Crippen LogP contribution in [0.1, 0.15) is 13.3 Å². The lowest BCUT2D eigenvalue weighted by Gasteiger charge is -2.06. The van der Waals surface area contributed by atoms with E-state index in [0.29, 0.717) is 23.1 Å². The monoisotopic (exact) mass is 316 g/mol. The summed E-state index contributed by atoms with van der Waals surface area (Å²) in [7, 11) is -3.50. The topological polar surface area (TPSA) is 72.2 Å². The number of hydrogen-bond donors (Lipinski definition) is 2. The largest absolute Gasteiger partial charge is 0.398 e. The van der Waals surface area contributed by atoms with E-state index < -0.39 is 10.0 Å². The van der Waals surface area contributed by atoms with E-state index in [9.17, 15) is 8.42 Å². The molecule has 0 heterocycles. The van der Waals surface area contributed by atoms with E-state index in [0.717, 1.165) is 0 Å². The van der Waals surface area contributed by atoms with Crippen LogP contribution in [-0.4, -0.2) is 15.0 Å². The Bertz CT molecular complexity index is 559. The van der Waals surface area contributed by atoms with E-state index in [-0.39, 0.29) is 4.90 Å². The summed E-state index contributed by atoms with van der Waals surface area (Å²) >= 11 is 3.21. The summed E-state index contributed by atoms with van der Waals surface area (Å²) in [6, 6.07) is 4.52. The maximum absolute atomic E-state index is 11.8. The van der Waals surface area contributed by atoms with Gasteiger partial charge in [-0.25, -0.2) is 13.1 Å². The highest BCUT2D eigenvalue weighted by Crippen LogP contribution is 2.22. The summed E-state index contributed by atoms with van der Waals surface area (Å²) in [4.78, 5) is 0.155. The minimum Gasteiger partial charge on any atom is -0.398 e. The van der Waals surface area contributed by atoms with Gasteiger partial charge in [0.05, 0.1) is 4.90 Å². The predicted molar refractivity (Wildman–Crippen MR) is 71.8 cm³/mol. The van der Waals surface area contributed by atoms with Crippen LogP contribution in [0.15, 0.2) is 27.6 Å². The first-order chi connectivity index (χ1) is 7.97. The molecular formula is C11H13BrN2O2S. The molecule has 92 valence electrons. The maximum atomic E-state index is 11.8. The molecule has 0 amide bonds. The third-order valence-corrected chi connectivity index (χ3v) is 4.18. The van der Waals surface area contributed by atoms with Gasteiger partial charge in [0.1, 0.15) is 0 Å². The van der Waals surface area contributed by atoms with Crippen LogP contribution in [0.25, 0.3) is 0 Å². The number of nitrogen functional groups attached to an aromatic ring is 1. The van der Waals surface area contributed by atoms with Crippen molar-refractivity contribution in [3.63, 3.8) is 0 Å². The zero-order valence-corrected chi connectivity index (χ0v) is 11.7. The molecule has 0 aliphatic heterocycles. The minimum absolute atomic E-state index is 0.155. The molecule has 0 unspecified atom stereocenters. The normalized spacial score (nSPS) is 10.7. The fourth-order valence-corrected chi connectivity index (χ4v) is 2.46. The van der Waals surface area contributed by atoms with Gasteiger partial charge in [0.2, 0.25) is 10.0 Å². The Balaban J connectivity index is 2.81. The molecule has 4 nitrogen and oxygen atoms in total. The van der Waals surface area contributed by atoms with Gasteiger partial charge in [0, 0.05) is 23.1 Å². The van der Waals surface area contributed by atoms with Crippen LogP contribution in [0, 0.1) is 11.8 Å². The van der Waals surface area contributed by atoms with Crippen LogP contribution >= 0.6 is 15.9 Å². The fourth-order valence-electron chi connectivity index (χ4n) is 1.15. The summed E-state index contributed by atoms with van der Waals surface area (Å²) in [6.45, 7) is 2.00. The van der Waals surface area contributed by atoms with E-state index in [4.69, 9.17) is 5.73 Å². The Hall–Kier alpha value is -1.03. The van der Waals surface area contributed by atoms with Crippen molar-refractivity contribution < 1.29 is 8.42 Å². The molecule has 0 radical (unpaired) electrons. The number of hydrogen-bond acceptors (Lipinski definition) is 3. The van der Waals surface area contributed by atoms with E-state index >= 15 is 0 Å². The van der Waals surface area contributed by atoms with Gasteiger partial charge in [-0.3, -0.25) is 0 Å². The zero-order chi connectivity index (χ0) is 12.9. The van der Waals surface area contributed by atoms with Crippen molar-refractivity contribution in [2.24, 2.45) is 0 Å². The van der Waals surface area contributed by atoms with Gasteiger partial charge in [0.15, 0.2) is 0 Å². The zero-order valence-electron chi connectivity index (χ0n) is 9.33. The van der Waals surface area contributed by atoms with Crippen molar-refractivity contribution in [2.45, 2.75) is 18.2 Å². The summed E-state index contributed by atoms with van der Waals surface area (Å²) in [5, 5.41) is 0. The fraction of sp³-hybridized carbons (Fsp3) is 0.273. The second-order valence-corrected chi connectivity index (χ2v) is 5.88. The smallest absolute Gasteiger partial charge is 0.240 e. The molecule has 0 aliphatic carbocycles. The molecule has 0 saturated heterocycles. The molecule has 0 spiro atoms. The van der Waals surface area contributed by atoms with Gasteiger partial charge < -0.3 is 5.73 Å². The molecule has 0 atom stereocenters. The second-order valence-electron chi connectivity index (χ2n) is 3.26. The first-order valence-corrected chi connectivity index (χ1v) is 7.19. The van der Waals surface area contributed by atoms with Crippen molar-refractivity contribution in [3.8, 4) is 11.8 Å². The SMILES string of the molecule is CC#CCCNS(=O)(=O)c1ccc(Br)c(N)c1. The molecule has 6 heteroatoms. The Kier molecular flexibility index (Phi) is 5.00. The predicted octanol–water partition coefficient (Wildman–Crippen LogP) is 1.72. The van der Waals surface area contributed by atoms with E-state index in [1.807, 2.05) is 0 Å². The van der Waals surface area contributed by atoms with Gasteiger partial charge in [0.25, 0.3) is 0 Å². The Morgan fingerprint density at radius 2 is 2.18 bits per heavy atom. The average Bonchev–Trinajstić information content (AvgIpc) is 2.28. The van der Waals surface area contributed by atoms with Gasteiger partial charge >= 0.3 is 0 Å². The number of anilines is 1. The number of rotatable bonds is 4. The van der Waals surface area contributed by atoms with Crippen molar-refractivity contribution in [3.05, 3.63) is 22.7 Å². The first kappa shape index (κ1) is 14.0. The highest BCUT2D eigenvalue weighted by atomic mass is 79.9. The molecule has 0 aliphatic rings. The van der Waals surface area contributed by atoms with Crippen LogP contribution in [0.4, 0.5) is 5.69 Å². The maximum Gasteiger partial charge on any atom is 0.240 e. The highest BCUT2D eigenvalue weighted by molar-refractivity contribution is 9.10. The molecule has 0 fully saturated rings. The van der Waals surface area contributed by atoms with E-state index in [1.54, 1.807) is 13.0 Å². The summed E-state index contributed by atoms with van der Waals surface area (Å²) in [5.41, 5.74) is 6.02. The molecule has 1 aromatic rings. The molecular weight excluding hydrogens is 304 g/mol. The van der Waals surface area contributed by atoms with Gasteiger partial charge in [-0.2, -0.15) is 0 Å². The van der Waals surface area contributed by atoms with Crippen molar-refractivity contribution >= 4 is 31.6 Å². The number of nitrogens with one attached hydrogen (secondary N) is 1. The van der Waals surface area contributed by atoms with Gasteiger partial charge in [-0.15, -0.1) is 11.8 Å². The van der Waals surface area contributed by atoms with Crippen LogP contribution in [0.5, 0.6) is 0 Å². The second kappa shape index (κ2) is 6.05. The number of nitrogens with two attached hydrogens (primary N) is 1. The summed E-state index contributed by atoms with van der Waals surface area (Å²) < 4.78 is 26.8. The van der Waals surface area contributed by atoms with Crippen molar-refractivity contribution in [1.82, 2.24) is 4.72 Å². The molecule has 1 aromatic carbocycles. The first-order valence-electron chi connectivity index (χ1n) is 4.91. The van der Waals surface area contributed by atoms with Crippen molar-refractivity contribution in [1.29, 1.82) is 0 Å². The molecule has 0 saturated carbocycles. The molecule has 17 heavy (non-hydrogen) atoms. The summed E-state index contributed by atoms with van der Waals surface area (Å²) in [6.07, 6.45) is 0.488. The molecule has 0 bridgehead atoms. The van der Waals surface area contributed by atoms with Gasteiger partial charge in [-0.05, 0) is 41.1 Å². The molecule has 0 aromatic heterocycles. The van der Waals surface area contributed by atoms with E-state index in [1.165, 1.54) is 12.1 Å². The van der Waals surface area contributed by atoms with Crippen LogP contribution in [0.2, 0.25) is 0 Å². The quantitative estimate of drug-likeness (QED) is 0.505. The minimum atomic E-state index is -3.50. The van der Waals surface area contributed by atoms with Crippen molar-refractivity contribution in [2.75, 3.05) is 12.3 Å². The number of benzene rings is 1. The Morgan fingerprint density at radius 3 is 2.76 bits per heavy atom. The highest BCUT2D eigenvalue weighted by Gasteiger charge is 2.13. The van der Waals surface area contributed by atoms with E-state index in [2.05, 4.69) is 32.5 Å². The molecule has 1 rings (SSSR count). The third kappa shape index (κ3) is 4.04. The number of halogens is 1. The summed E-state index contributed by atoms with van der Waals surface area (Å²) in [5.74, 6) is 5.48. The van der Waals surface area contributed by atoms with Crippen LogP contribution < -0.4 is 10.5 Å². The van der Waals surface area contributed by atoms with Crippen LogP contribution in [0.3, 0.4) is 0 Å². The lowest BCUT2D eigenvalue weighted by atomic mass is 10.3. The standard InChI is InChI=1S/C11H13BrN2O2S/c1-2-3-4-7-14-17(15,16)9-5-6-10(12)11(13)8-9/h5-6,8,14H,4,7,13H2,1H3. The Morgan fingerprint density at radius 1 is 1.47 bits per heavy atom. The third-order valence-electron chi connectivity index (χ3n) is 2.00.